The Balaban J connectivity index is 1.59. The van der Waals surface area contributed by atoms with Crippen LogP contribution < -0.4 is 11.1 Å². The number of anilines is 1. The predicted molar refractivity (Wildman–Crippen MR) is 131 cm³/mol. The van der Waals surface area contributed by atoms with Crippen molar-refractivity contribution in [1.82, 2.24) is 9.97 Å². The third kappa shape index (κ3) is 5.97. The van der Waals surface area contributed by atoms with Crippen LogP contribution in [0.25, 0.3) is 11.3 Å². The van der Waals surface area contributed by atoms with Crippen LogP contribution in [0.2, 0.25) is 0 Å². The average Bonchev–Trinajstić information content (AvgIpc) is 2.82. The number of nitrogens with two attached hydrogens (primary N) is 1. The molecule has 1 saturated carbocycles. The second kappa shape index (κ2) is 10.6. The third-order valence-corrected chi connectivity index (χ3v) is 7.52. The van der Waals surface area contributed by atoms with Crippen molar-refractivity contribution in [3.63, 3.8) is 0 Å². The number of benzene rings is 1. The van der Waals surface area contributed by atoms with Crippen molar-refractivity contribution in [3.05, 3.63) is 77.5 Å². The van der Waals surface area contributed by atoms with Gasteiger partial charge in [-0.15, -0.1) is 0 Å². The molecule has 8 nitrogen and oxygen atoms in total. The maximum atomic E-state index is 14.4. The molecule has 196 valence electrons. The maximum absolute atomic E-state index is 14.4. The van der Waals surface area contributed by atoms with Crippen molar-refractivity contribution in [2.45, 2.75) is 31.7 Å². The first-order valence-corrected chi connectivity index (χ1v) is 13.1. The first kappa shape index (κ1) is 26.7. The molecule has 1 aliphatic carbocycles. The zero-order chi connectivity index (χ0) is 26.9. The number of nitrogens with zero attached hydrogens (tertiary/aromatic N) is 2. The highest BCUT2D eigenvalue weighted by molar-refractivity contribution is 7.85. The molecule has 0 saturated heterocycles. The summed E-state index contributed by atoms with van der Waals surface area (Å²) in [6, 6.07) is 6.27. The van der Waals surface area contributed by atoms with Crippen LogP contribution in [0.15, 0.2) is 48.8 Å². The molecule has 4 rings (SSSR count). The number of carbonyl (C=O) groups is 1. The topological polar surface area (TPSA) is 135 Å². The van der Waals surface area contributed by atoms with Crippen LogP contribution in [0, 0.1) is 29.3 Å². The molecule has 12 heteroatoms. The Hall–Kier alpha value is -3.35. The number of aromatic nitrogens is 2. The van der Waals surface area contributed by atoms with E-state index in [1.54, 1.807) is 12.3 Å². The molecule has 37 heavy (non-hydrogen) atoms. The Kier molecular flexibility index (Phi) is 7.62. The summed E-state index contributed by atoms with van der Waals surface area (Å²) in [6.07, 6.45) is 3.92. The number of hydrogen-bond donors (Lipinski definition) is 3. The molecular weight excluding hydrogens is 509 g/mol. The number of pyridine rings is 2. The number of rotatable bonds is 6. The maximum Gasteiger partial charge on any atom is 0.274 e. The van der Waals surface area contributed by atoms with Crippen molar-refractivity contribution >= 4 is 21.7 Å². The lowest BCUT2D eigenvalue weighted by Crippen LogP contribution is -2.44. The second-order valence-electron chi connectivity index (χ2n) is 9.26. The van der Waals surface area contributed by atoms with Crippen LogP contribution in [0.4, 0.5) is 18.9 Å². The Morgan fingerprint density at radius 3 is 2.46 bits per heavy atom. The molecule has 2 aromatic heterocycles. The largest absolute Gasteiger partial charge is 0.327 e. The molecule has 2 heterocycles. The van der Waals surface area contributed by atoms with Gasteiger partial charge in [-0.25, -0.2) is 18.2 Å². The fourth-order valence-electron chi connectivity index (χ4n) is 4.95. The second-order valence-corrected chi connectivity index (χ2v) is 10.8. The molecule has 4 N–H and O–H groups in total. The summed E-state index contributed by atoms with van der Waals surface area (Å²) in [5.74, 6) is -4.91. The lowest BCUT2D eigenvalue weighted by Gasteiger charge is -2.39. The molecule has 1 aliphatic rings. The van der Waals surface area contributed by atoms with E-state index in [-0.39, 0.29) is 17.5 Å². The van der Waals surface area contributed by atoms with Crippen LogP contribution >= 0.6 is 0 Å². The Morgan fingerprint density at radius 1 is 1.11 bits per heavy atom. The zero-order valence-electron chi connectivity index (χ0n) is 19.7. The van der Waals surface area contributed by atoms with Crippen molar-refractivity contribution in [3.8, 4) is 11.3 Å². The molecule has 0 radical (unpaired) electrons. The number of halogens is 3. The summed E-state index contributed by atoms with van der Waals surface area (Å²) in [5.41, 5.74) is 5.74. The van der Waals surface area contributed by atoms with Crippen molar-refractivity contribution in [2.24, 2.45) is 17.6 Å². The molecule has 4 atom stereocenters. The lowest BCUT2D eigenvalue weighted by atomic mass is 9.70. The highest BCUT2D eigenvalue weighted by atomic mass is 32.2. The molecule has 3 aromatic rings. The van der Waals surface area contributed by atoms with E-state index in [0.29, 0.717) is 24.1 Å². The molecule has 1 fully saturated rings. The van der Waals surface area contributed by atoms with Gasteiger partial charge in [0.25, 0.3) is 16.0 Å². The Bertz CT molecular complexity index is 1400. The van der Waals surface area contributed by atoms with E-state index in [9.17, 15) is 30.9 Å². The molecule has 1 aromatic carbocycles. The third-order valence-electron chi connectivity index (χ3n) is 6.72. The van der Waals surface area contributed by atoms with Gasteiger partial charge in [-0.2, -0.15) is 8.42 Å². The van der Waals surface area contributed by atoms with E-state index in [0.717, 1.165) is 30.3 Å². The monoisotopic (exact) mass is 534 g/mol. The van der Waals surface area contributed by atoms with Gasteiger partial charge < -0.3 is 11.1 Å². The van der Waals surface area contributed by atoms with Gasteiger partial charge in [-0.05, 0) is 66.5 Å². The molecule has 0 aliphatic heterocycles. The molecule has 1 amide bonds. The van der Waals surface area contributed by atoms with Gasteiger partial charge >= 0.3 is 0 Å². The number of amides is 1. The summed E-state index contributed by atoms with van der Waals surface area (Å²) < 4.78 is 74.9. The predicted octanol–water partition coefficient (Wildman–Crippen LogP) is 4.16. The number of hydrogen-bond acceptors (Lipinski definition) is 6. The van der Waals surface area contributed by atoms with Gasteiger partial charge in [0, 0.05) is 12.2 Å². The summed E-state index contributed by atoms with van der Waals surface area (Å²) in [5, 5.41) is 2.68. The van der Waals surface area contributed by atoms with Gasteiger partial charge in [-0.3, -0.25) is 14.3 Å². The van der Waals surface area contributed by atoms with E-state index >= 15 is 0 Å². The minimum atomic E-state index is -4.19. The van der Waals surface area contributed by atoms with Gasteiger partial charge in [0.05, 0.1) is 23.2 Å². The first-order chi connectivity index (χ1) is 17.4. The van der Waals surface area contributed by atoms with E-state index < -0.39 is 62.4 Å². The van der Waals surface area contributed by atoms with Crippen molar-refractivity contribution in [2.75, 3.05) is 11.1 Å². The summed E-state index contributed by atoms with van der Waals surface area (Å²) in [4.78, 5) is 21.0. The molecular formula is C25H25F3N4O4S. The quantitative estimate of drug-likeness (QED) is 0.404. The highest BCUT2D eigenvalue weighted by Gasteiger charge is 2.37. The fraction of sp³-hybridized carbons (Fsp3) is 0.320. The fourth-order valence-corrected chi connectivity index (χ4v) is 6.01. The Labute approximate surface area is 211 Å². The number of carbonyl (C=O) groups excluding carboxylic acids is 1. The standard InChI is InChI=1S/C25H25F3N4O4S/c1-13-9-14(10-20(29)16(13)12-37(34,35)36)15-7-8-30-11-22(15)32-25(33)21-6-5-19(28)24(31-21)23-17(26)3-2-4-18(23)27/h2-8,11,13-14,16,20H,9-10,12,29H2,1H3,(H,32,33)(H,34,35,36)/t13-,14+,16-,20+/m0/s1. The summed E-state index contributed by atoms with van der Waals surface area (Å²) in [6.45, 7) is 1.85. The van der Waals surface area contributed by atoms with Crippen LogP contribution in [-0.4, -0.2) is 40.6 Å². The highest BCUT2D eigenvalue weighted by Crippen LogP contribution is 2.41. The average molecular weight is 535 g/mol. The van der Waals surface area contributed by atoms with Crippen LogP contribution in [0.3, 0.4) is 0 Å². The van der Waals surface area contributed by atoms with Crippen molar-refractivity contribution in [1.29, 1.82) is 0 Å². The van der Waals surface area contributed by atoms with Crippen molar-refractivity contribution < 1.29 is 30.9 Å². The normalized spacial score (nSPS) is 22.0. The van der Waals surface area contributed by atoms with E-state index in [4.69, 9.17) is 5.73 Å². The van der Waals surface area contributed by atoms with Crippen LogP contribution in [0.5, 0.6) is 0 Å². The van der Waals surface area contributed by atoms with E-state index in [2.05, 4.69) is 15.3 Å². The molecule has 0 bridgehead atoms. The van der Waals surface area contributed by atoms with E-state index in [1.807, 2.05) is 6.92 Å². The van der Waals surface area contributed by atoms with Gasteiger partial charge in [0.2, 0.25) is 0 Å². The first-order valence-electron chi connectivity index (χ1n) is 11.5. The minimum Gasteiger partial charge on any atom is -0.327 e. The Morgan fingerprint density at radius 2 is 1.81 bits per heavy atom. The van der Waals surface area contributed by atoms with Crippen LogP contribution in [-0.2, 0) is 10.1 Å². The summed E-state index contributed by atoms with van der Waals surface area (Å²) in [7, 11) is -4.19. The minimum absolute atomic E-state index is 0.135. The number of nitrogens with one attached hydrogen (secondary N) is 1. The van der Waals surface area contributed by atoms with Gasteiger partial charge in [0.1, 0.15) is 28.8 Å². The van der Waals surface area contributed by atoms with Gasteiger partial charge in [0.15, 0.2) is 0 Å². The van der Waals surface area contributed by atoms with E-state index in [1.165, 1.54) is 6.20 Å². The molecule has 0 spiro atoms. The lowest BCUT2D eigenvalue weighted by molar-refractivity contribution is 0.102. The smallest absolute Gasteiger partial charge is 0.274 e. The molecule has 0 unspecified atom stereocenters. The zero-order valence-corrected chi connectivity index (χ0v) is 20.6. The summed E-state index contributed by atoms with van der Waals surface area (Å²) >= 11 is 0. The van der Waals surface area contributed by atoms with Gasteiger partial charge in [-0.1, -0.05) is 13.0 Å². The SMILES string of the molecule is C[C@H]1C[C@@H](c2ccncc2NC(=O)c2ccc(F)c(-c3c(F)cccc3F)n2)C[C@@H](N)[C@H]1CS(=O)(=O)O. The van der Waals surface area contributed by atoms with Crippen LogP contribution in [0.1, 0.15) is 41.7 Å².